The summed E-state index contributed by atoms with van der Waals surface area (Å²) in [5.74, 6) is 1.89. The predicted octanol–water partition coefficient (Wildman–Crippen LogP) is -0.557. The third kappa shape index (κ3) is 1.16. The molecule has 0 aromatic rings. The van der Waals surface area contributed by atoms with E-state index in [2.05, 4.69) is 5.32 Å². The first-order chi connectivity index (χ1) is 5.86. The zero-order valence-electron chi connectivity index (χ0n) is 7.24. The summed E-state index contributed by atoms with van der Waals surface area (Å²) in [4.78, 5) is 0. The van der Waals surface area contributed by atoms with E-state index in [1.165, 1.54) is 6.42 Å². The standard InChI is InChI=1S/C9H17NO2/c11-4-8-6-1-7(3-10-2-6)9(8)5-12/h6-12H,1-5H2. The Labute approximate surface area is 72.8 Å². The minimum absolute atomic E-state index is 0.244. The fourth-order valence-electron chi connectivity index (χ4n) is 2.93. The van der Waals surface area contributed by atoms with Gasteiger partial charge in [-0.1, -0.05) is 0 Å². The normalized spacial score (nSPS) is 46.5. The average molecular weight is 171 g/mol. The largest absolute Gasteiger partial charge is 0.396 e. The van der Waals surface area contributed by atoms with Crippen LogP contribution in [0.5, 0.6) is 0 Å². The lowest BCUT2D eigenvalue weighted by atomic mass is 9.89. The molecule has 1 aliphatic heterocycles. The van der Waals surface area contributed by atoms with Crippen molar-refractivity contribution in [1.29, 1.82) is 0 Å². The van der Waals surface area contributed by atoms with Crippen molar-refractivity contribution in [2.45, 2.75) is 6.42 Å². The number of aliphatic hydroxyl groups excluding tert-OH is 2. The molecule has 4 atom stereocenters. The Morgan fingerprint density at radius 3 is 1.92 bits per heavy atom. The van der Waals surface area contributed by atoms with Gasteiger partial charge < -0.3 is 15.5 Å². The maximum Gasteiger partial charge on any atom is 0.0466 e. The first kappa shape index (κ1) is 8.48. The van der Waals surface area contributed by atoms with E-state index in [4.69, 9.17) is 0 Å². The molecule has 0 spiro atoms. The second kappa shape index (κ2) is 3.32. The summed E-state index contributed by atoms with van der Waals surface area (Å²) in [6.45, 7) is 2.54. The summed E-state index contributed by atoms with van der Waals surface area (Å²) in [5.41, 5.74) is 0. The van der Waals surface area contributed by atoms with Gasteiger partial charge in [0.1, 0.15) is 0 Å². The molecular formula is C9H17NO2. The van der Waals surface area contributed by atoms with E-state index in [0.29, 0.717) is 23.7 Å². The lowest BCUT2D eigenvalue weighted by Gasteiger charge is -2.20. The minimum Gasteiger partial charge on any atom is -0.396 e. The Balaban J connectivity index is 2.10. The van der Waals surface area contributed by atoms with Gasteiger partial charge in [-0.3, -0.25) is 0 Å². The lowest BCUT2D eigenvalue weighted by Crippen LogP contribution is -2.32. The van der Waals surface area contributed by atoms with Gasteiger partial charge in [-0.05, 0) is 43.2 Å². The summed E-state index contributed by atoms with van der Waals surface area (Å²) in [5, 5.41) is 21.7. The first-order valence-electron chi connectivity index (χ1n) is 4.79. The third-order valence-corrected chi connectivity index (χ3v) is 3.60. The van der Waals surface area contributed by atoms with Crippen molar-refractivity contribution in [2.24, 2.45) is 23.7 Å². The molecule has 0 aromatic carbocycles. The van der Waals surface area contributed by atoms with Crippen molar-refractivity contribution in [3.63, 3.8) is 0 Å². The molecule has 4 unspecified atom stereocenters. The summed E-state index contributed by atoms with van der Waals surface area (Å²) in [6, 6.07) is 0. The summed E-state index contributed by atoms with van der Waals surface area (Å²) in [6.07, 6.45) is 1.20. The Hall–Kier alpha value is -0.120. The van der Waals surface area contributed by atoms with Crippen molar-refractivity contribution in [3.8, 4) is 0 Å². The molecule has 1 saturated heterocycles. The van der Waals surface area contributed by atoms with Crippen LogP contribution >= 0.6 is 0 Å². The van der Waals surface area contributed by atoms with Gasteiger partial charge >= 0.3 is 0 Å². The van der Waals surface area contributed by atoms with E-state index in [1.807, 2.05) is 0 Å². The number of piperidine rings is 1. The molecule has 3 nitrogen and oxygen atoms in total. The molecule has 1 saturated carbocycles. The number of nitrogens with one attached hydrogen (secondary N) is 1. The highest BCUT2D eigenvalue weighted by Gasteiger charge is 2.44. The van der Waals surface area contributed by atoms with Crippen LogP contribution in [0.2, 0.25) is 0 Å². The van der Waals surface area contributed by atoms with Crippen LogP contribution in [-0.4, -0.2) is 36.5 Å². The molecule has 0 aromatic heterocycles. The zero-order valence-corrected chi connectivity index (χ0v) is 7.24. The topological polar surface area (TPSA) is 52.5 Å². The van der Waals surface area contributed by atoms with Crippen molar-refractivity contribution in [1.82, 2.24) is 5.32 Å². The number of rotatable bonds is 2. The molecule has 2 aliphatic rings. The van der Waals surface area contributed by atoms with E-state index >= 15 is 0 Å². The Bertz CT molecular complexity index is 147. The van der Waals surface area contributed by atoms with E-state index in [1.54, 1.807) is 0 Å². The van der Waals surface area contributed by atoms with E-state index < -0.39 is 0 Å². The van der Waals surface area contributed by atoms with Crippen molar-refractivity contribution in [2.75, 3.05) is 26.3 Å². The second-order valence-corrected chi connectivity index (χ2v) is 4.11. The van der Waals surface area contributed by atoms with Crippen LogP contribution in [0.4, 0.5) is 0 Å². The van der Waals surface area contributed by atoms with Gasteiger partial charge in [-0.25, -0.2) is 0 Å². The summed E-state index contributed by atoms with van der Waals surface area (Å²) < 4.78 is 0. The predicted molar refractivity (Wildman–Crippen MR) is 45.6 cm³/mol. The maximum atomic E-state index is 9.18. The molecule has 2 rings (SSSR count). The maximum absolute atomic E-state index is 9.18. The molecule has 2 fully saturated rings. The highest BCUT2D eigenvalue weighted by atomic mass is 16.3. The SMILES string of the molecule is OCC1C2CNCC(C2)C1CO. The van der Waals surface area contributed by atoms with E-state index in [0.717, 1.165) is 13.1 Å². The molecule has 70 valence electrons. The molecule has 1 heterocycles. The van der Waals surface area contributed by atoms with Crippen LogP contribution in [0.15, 0.2) is 0 Å². The fraction of sp³-hybridized carbons (Fsp3) is 1.00. The van der Waals surface area contributed by atoms with Crippen molar-refractivity contribution in [3.05, 3.63) is 0 Å². The number of fused-ring (bicyclic) bond motifs is 2. The van der Waals surface area contributed by atoms with Gasteiger partial charge in [-0.2, -0.15) is 0 Å². The van der Waals surface area contributed by atoms with Gasteiger partial charge in [0.25, 0.3) is 0 Å². The first-order valence-corrected chi connectivity index (χ1v) is 4.79. The van der Waals surface area contributed by atoms with Gasteiger partial charge in [0.05, 0.1) is 0 Å². The highest BCUT2D eigenvalue weighted by molar-refractivity contribution is 4.95. The van der Waals surface area contributed by atoms with Crippen LogP contribution in [-0.2, 0) is 0 Å². The Morgan fingerprint density at radius 1 is 1.00 bits per heavy atom. The number of aliphatic hydroxyl groups is 2. The Morgan fingerprint density at radius 2 is 1.50 bits per heavy atom. The fourth-order valence-corrected chi connectivity index (χ4v) is 2.93. The van der Waals surface area contributed by atoms with Crippen LogP contribution in [0.3, 0.4) is 0 Å². The monoisotopic (exact) mass is 171 g/mol. The van der Waals surface area contributed by atoms with Crippen LogP contribution in [0.25, 0.3) is 0 Å². The second-order valence-electron chi connectivity index (χ2n) is 4.11. The van der Waals surface area contributed by atoms with Crippen molar-refractivity contribution >= 4 is 0 Å². The summed E-state index contributed by atoms with van der Waals surface area (Å²) >= 11 is 0. The quantitative estimate of drug-likeness (QED) is 0.522. The van der Waals surface area contributed by atoms with Crippen LogP contribution in [0, 0.1) is 23.7 Å². The molecular weight excluding hydrogens is 154 g/mol. The molecule has 3 N–H and O–H groups in total. The van der Waals surface area contributed by atoms with E-state index in [9.17, 15) is 10.2 Å². The van der Waals surface area contributed by atoms with Crippen molar-refractivity contribution < 1.29 is 10.2 Å². The molecule has 3 heteroatoms. The molecule has 12 heavy (non-hydrogen) atoms. The van der Waals surface area contributed by atoms with E-state index in [-0.39, 0.29) is 13.2 Å². The lowest BCUT2D eigenvalue weighted by molar-refractivity contribution is 0.112. The molecule has 2 bridgehead atoms. The molecule has 1 aliphatic carbocycles. The number of hydrogen-bond donors (Lipinski definition) is 3. The van der Waals surface area contributed by atoms with Gasteiger partial charge in [0.2, 0.25) is 0 Å². The van der Waals surface area contributed by atoms with Gasteiger partial charge in [-0.15, -0.1) is 0 Å². The highest BCUT2D eigenvalue weighted by Crippen LogP contribution is 2.42. The zero-order chi connectivity index (χ0) is 8.55. The average Bonchev–Trinajstić information content (AvgIpc) is 2.36. The Kier molecular flexibility index (Phi) is 2.35. The minimum atomic E-state index is 0.244. The number of hydrogen-bond acceptors (Lipinski definition) is 3. The molecule has 0 radical (unpaired) electrons. The smallest absolute Gasteiger partial charge is 0.0466 e. The molecule has 0 amide bonds. The van der Waals surface area contributed by atoms with Gasteiger partial charge in [0.15, 0.2) is 0 Å². The van der Waals surface area contributed by atoms with Gasteiger partial charge in [0, 0.05) is 13.2 Å². The van der Waals surface area contributed by atoms with Crippen LogP contribution in [0.1, 0.15) is 6.42 Å². The van der Waals surface area contributed by atoms with Crippen LogP contribution < -0.4 is 5.32 Å². The summed E-state index contributed by atoms with van der Waals surface area (Å²) in [7, 11) is 0. The third-order valence-electron chi connectivity index (χ3n) is 3.60.